The molecule has 1 N–H and O–H groups in total. The van der Waals surface area contributed by atoms with Crippen LogP contribution in [0.1, 0.15) is 68.6 Å². The lowest BCUT2D eigenvalue weighted by atomic mass is 9.90. The molecule has 3 heterocycles. The van der Waals surface area contributed by atoms with Crippen LogP contribution in [0.5, 0.6) is 0 Å². The van der Waals surface area contributed by atoms with Crippen LogP contribution in [0, 0.1) is 11.8 Å². The molecule has 2 fully saturated rings. The van der Waals surface area contributed by atoms with Crippen LogP contribution in [0.2, 0.25) is 0 Å². The summed E-state index contributed by atoms with van der Waals surface area (Å²) in [6.07, 6.45) is -1.61. The van der Waals surface area contributed by atoms with Crippen molar-refractivity contribution in [1.82, 2.24) is 14.8 Å². The first-order valence-corrected chi connectivity index (χ1v) is 16.5. The molecule has 1 aromatic heterocycles. The van der Waals surface area contributed by atoms with Crippen LogP contribution in [-0.4, -0.2) is 66.2 Å². The highest BCUT2D eigenvalue weighted by Gasteiger charge is 2.50. The van der Waals surface area contributed by atoms with Gasteiger partial charge in [0.1, 0.15) is 6.04 Å². The predicted octanol–water partition coefficient (Wildman–Crippen LogP) is 5.44. The number of aromatic nitrogens is 1. The molecule has 5 rings (SSSR count). The number of alkyl halides is 3. The molecule has 40 heavy (non-hydrogen) atoms. The Kier molecular flexibility index (Phi) is 8.35. The largest absolute Gasteiger partial charge is 0.404 e. The van der Waals surface area contributed by atoms with E-state index in [1.54, 1.807) is 24.0 Å². The van der Waals surface area contributed by atoms with Gasteiger partial charge >= 0.3 is 6.18 Å². The molecule has 12 heteroatoms. The normalized spacial score (nSPS) is 24.4. The van der Waals surface area contributed by atoms with E-state index in [1.165, 1.54) is 23.5 Å². The quantitative estimate of drug-likeness (QED) is 0.414. The van der Waals surface area contributed by atoms with Gasteiger partial charge in [0.25, 0.3) is 0 Å². The number of fused-ring (bicyclic) bond motifs is 1. The van der Waals surface area contributed by atoms with E-state index >= 15 is 0 Å². The summed E-state index contributed by atoms with van der Waals surface area (Å²) in [5, 5.41) is 3.43. The van der Waals surface area contributed by atoms with Crippen molar-refractivity contribution < 1.29 is 26.4 Å². The Hall–Kier alpha value is -2.02. The number of rotatable bonds is 9. The number of piperidine rings is 1. The van der Waals surface area contributed by atoms with Crippen molar-refractivity contribution in [1.29, 1.82) is 0 Å². The number of halogens is 3. The molecule has 0 bridgehead atoms. The molecule has 2 aliphatic heterocycles. The van der Waals surface area contributed by atoms with Crippen LogP contribution in [0.15, 0.2) is 29.2 Å². The van der Waals surface area contributed by atoms with E-state index in [0.29, 0.717) is 30.2 Å². The van der Waals surface area contributed by atoms with E-state index in [9.17, 15) is 26.4 Å². The third kappa shape index (κ3) is 6.39. The Morgan fingerprint density at radius 1 is 1.15 bits per heavy atom. The molecule has 7 nitrogen and oxygen atoms in total. The first-order valence-electron chi connectivity index (χ1n) is 14.0. The Balaban J connectivity index is 1.20. The Labute approximate surface area is 238 Å². The summed E-state index contributed by atoms with van der Waals surface area (Å²) in [5.41, 5.74) is 1.66. The van der Waals surface area contributed by atoms with E-state index in [4.69, 9.17) is 4.98 Å². The van der Waals surface area contributed by atoms with E-state index in [1.807, 2.05) is 0 Å². The van der Waals surface area contributed by atoms with Crippen LogP contribution in [0.25, 0.3) is 0 Å². The van der Waals surface area contributed by atoms with Gasteiger partial charge in [-0.2, -0.15) is 13.2 Å². The highest BCUT2D eigenvalue weighted by Crippen LogP contribution is 2.45. The summed E-state index contributed by atoms with van der Waals surface area (Å²) in [4.78, 5) is 22.9. The number of carbonyl (C=O) groups excluding carboxylic acids is 1. The SMILES string of the molecule is CCS(=O)(=O)c1ccc(CC(=O)Nc2nc3c(s2)CN(C[C@@H]2CC[C@H](C(F)(F)F)N(C4CC4)C2)[C@H]3C(C)C)cc1. The maximum atomic E-state index is 13.6. The van der Waals surface area contributed by atoms with Gasteiger partial charge in [-0.15, -0.1) is 11.3 Å². The third-order valence-corrected chi connectivity index (χ3v) is 11.0. The molecule has 3 aliphatic rings. The molecule has 1 saturated carbocycles. The summed E-state index contributed by atoms with van der Waals surface area (Å²) >= 11 is 1.45. The van der Waals surface area contributed by atoms with Crippen molar-refractivity contribution in [3.8, 4) is 0 Å². The summed E-state index contributed by atoms with van der Waals surface area (Å²) in [6.45, 7) is 7.76. The number of sulfone groups is 1. The third-order valence-electron chi connectivity index (χ3n) is 8.26. The second-order valence-corrected chi connectivity index (χ2v) is 15.0. The highest BCUT2D eigenvalue weighted by atomic mass is 32.2. The van der Waals surface area contributed by atoms with Crippen molar-refractivity contribution >= 4 is 32.2 Å². The average Bonchev–Trinajstić information content (AvgIpc) is 3.58. The fourth-order valence-corrected chi connectivity index (χ4v) is 8.11. The minimum absolute atomic E-state index is 0.0223. The molecular weight excluding hydrogens is 561 g/mol. The molecule has 3 atom stereocenters. The second-order valence-electron chi connectivity index (χ2n) is 11.6. The van der Waals surface area contributed by atoms with Crippen LogP contribution in [0.4, 0.5) is 18.3 Å². The van der Waals surface area contributed by atoms with Gasteiger partial charge in [0, 0.05) is 30.6 Å². The van der Waals surface area contributed by atoms with Gasteiger partial charge in [-0.1, -0.05) is 32.9 Å². The fourth-order valence-electron chi connectivity index (χ4n) is 6.18. The van der Waals surface area contributed by atoms with Crippen LogP contribution < -0.4 is 5.32 Å². The van der Waals surface area contributed by atoms with E-state index in [0.717, 1.165) is 30.0 Å². The summed E-state index contributed by atoms with van der Waals surface area (Å²) in [7, 11) is -3.29. The van der Waals surface area contributed by atoms with Crippen LogP contribution >= 0.6 is 11.3 Å². The molecule has 0 spiro atoms. The number of carbonyl (C=O) groups is 1. The smallest absolute Gasteiger partial charge is 0.302 e. The lowest BCUT2D eigenvalue weighted by Crippen LogP contribution is -2.53. The zero-order chi connectivity index (χ0) is 28.8. The van der Waals surface area contributed by atoms with Gasteiger partial charge in [0.2, 0.25) is 5.91 Å². The van der Waals surface area contributed by atoms with Gasteiger partial charge < -0.3 is 5.32 Å². The molecule has 220 valence electrons. The number of nitrogens with zero attached hydrogens (tertiary/aromatic N) is 3. The molecule has 1 aromatic carbocycles. The lowest BCUT2D eigenvalue weighted by molar-refractivity contribution is -0.197. The zero-order valence-corrected chi connectivity index (χ0v) is 24.7. The monoisotopic (exact) mass is 598 g/mol. The molecule has 1 saturated heterocycles. The fraction of sp³-hybridized carbons (Fsp3) is 0.643. The average molecular weight is 599 g/mol. The number of nitrogens with one attached hydrogen (secondary N) is 1. The van der Waals surface area contributed by atoms with E-state index in [-0.39, 0.29) is 53.3 Å². The topological polar surface area (TPSA) is 82.6 Å². The number of anilines is 1. The van der Waals surface area contributed by atoms with Crippen molar-refractivity contribution in [2.45, 2.75) is 88.6 Å². The van der Waals surface area contributed by atoms with Crippen molar-refractivity contribution in [3.63, 3.8) is 0 Å². The zero-order valence-electron chi connectivity index (χ0n) is 23.1. The number of thiazole rings is 1. The lowest BCUT2D eigenvalue weighted by Gasteiger charge is -2.42. The van der Waals surface area contributed by atoms with Crippen molar-refractivity contribution in [2.75, 3.05) is 24.2 Å². The minimum Gasteiger partial charge on any atom is -0.302 e. The van der Waals surface area contributed by atoms with Gasteiger partial charge in [-0.25, -0.2) is 13.4 Å². The first kappa shape index (κ1) is 29.5. The van der Waals surface area contributed by atoms with Crippen molar-refractivity contribution in [3.05, 3.63) is 40.4 Å². The Bertz CT molecular complexity index is 1320. The standard InChI is InChI=1S/C28H37F3N4O3S2/c1-4-40(37,38)21-10-5-18(6-11-21)13-24(36)32-27-33-25-22(39-27)16-34(26(25)17(2)3)14-19-7-12-23(28(29,30)31)35(15-19)20-8-9-20/h5-6,10-11,17,19-20,23,26H,4,7-9,12-16H2,1-3H3,(H,32,33,36)/t19-,23+,26-/m0/s1. The Morgan fingerprint density at radius 2 is 1.85 bits per heavy atom. The minimum atomic E-state index is -4.17. The van der Waals surface area contributed by atoms with E-state index < -0.39 is 22.1 Å². The van der Waals surface area contributed by atoms with Crippen molar-refractivity contribution in [2.24, 2.45) is 11.8 Å². The molecular formula is C28H37F3N4O3S2. The molecule has 0 unspecified atom stereocenters. The summed E-state index contributed by atoms with van der Waals surface area (Å²) < 4.78 is 64.9. The first-order chi connectivity index (χ1) is 18.9. The number of hydrogen-bond acceptors (Lipinski definition) is 7. The van der Waals surface area contributed by atoms with Crippen LogP contribution in [-0.2, 0) is 27.6 Å². The Morgan fingerprint density at radius 3 is 2.45 bits per heavy atom. The predicted molar refractivity (Wildman–Crippen MR) is 149 cm³/mol. The number of benzene rings is 1. The van der Waals surface area contributed by atoms with Gasteiger partial charge in [0.05, 0.1) is 28.8 Å². The number of hydrogen-bond donors (Lipinski definition) is 1. The molecule has 1 aliphatic carbocycles. The number of likely N-dealkylation sites (tertiary alicyclic amines) is 1. The molecule has 2 aromatic rings. The second kappa shape index (κ2) is 11.3. The molecule has 0 radical (unpaired) electrons. The summed E-state index contributed by atoms with van der Waals surface area (Å²) in [5.74, 6) is 0.246. The summed E-state index contributed by atoms with van der Waals surface area (Å²) in [6, 6.07) is 5.19. The maximum Gasteiger partial charge on any atom is 0.404 e. The van der Waals surface area contributed by atoms with E-state index in [2.05, 4.69) is 24.1 Å². The van der Waals surface area contributed by atoms with Gasteiger partial charge in [-0.3, -0.25) is 14.6 Å². The van der Waals surface area contributed by atoms with Gasteiger partial charge in [0.15, 0.2) is 15.0 Å². The van der Waals surface area contributed by atoms with Gasteiger partial charge in [-0.05, 0) is 55.2 Å². The number of amides is 1. The molecule has 1 amide bonds. The van der Waals surface area contributed by atoms with Crippen LogP contribution in [0.3, 0.4) is 0 Å². The maximum absolute atomic E-state index is 13.6. The highest BCUT2D eigenvalue weighted by molar-refractivity contribution is 7.91.